The van der Waals surface area contributed by atoms with Crippen LogP contribution in [0.3, 0.4) is 0 Å². The van der Waals surface area contributed by atoms with Crippen LogP contribution >= 0.6 is 0 Å². The van der Waals surface area contributed by atoms with Gasteiger partial charge in [0.1, 0.15) is 0 Å². The third kappa shape index (κ3) is 4.93. The van der Waals surface area contributed by atoms with E-state index in [0.717, 1.165) is 48.5 Å². The fraction of sp³-hybridized carbons (Fsp3) is 0.133. The van der Waals surface area contributed by atoms with Crippen LogP contribution in [0.15, 0.2) is 84.9 Å². The van der Waals surface area contributed by atoms with Crippen LogP contribution in [0.2, 0.25) is 0 Å². The highest BCUT2D eigenvalue weighted by Gasteiger charge is 2.34. The molecule has 0 saturated heterocycles. The minimum atomic E-state index is -4.77. The second-order valence-electron chi connectivity index (χ2n) is 9.21. The van der Waals surface area contributed by atoms with E-state index in [1.54, 1.807) is 25.1 Å². The first-order chi connectivity index (χ1) is 18.1. The predicted octanol–water partition coefficient (Wildman–Crippen LogP) is 10.7. The van der Waals surface area contributed by atoms with Crippen molar-refractivity contribution in [3.05, 3.63) is 107 Å². The lowest BCUT2D eigenvalue weighted by atomic mass is 9.83. The van der Waals surface area contributed by atoms with Crippen molar-refractivity contribution in [2.45, 2.75) is 25.5 Å². The monoisotopic (exact) mass is 548 g/mol. The van der Waals surface area contributed by atoms with Gasteiger partial charge in [0, 0.05) is 0 Å². The molecular formula is C30H17F9. The van der Waals surface area contributed by atoms with Crippen molar-refractivity contribution in [3.8, 4) is 22.3 Å². The maximum absolute atomic E-state index is 13.8. The Balaban J connectivity index is 2.03. The van der Waals surface area contributed by atoms with Crippen molar-refractivity contribution >= 4 is 21.5 Å². The van der Waals surface area contributed by atoms with Gasteiger partial charge in [-0.2, -0.15) is 39.5 Å². The first-order valence-corrected chi connectivity index (χ1v) is 11.6. The Morgan fingerprint density at radius 3 is 1.28 bits per heavy atom. The summed E-state index contributed by atoms with van der Waals surface area (Å²) >= 11 is 0. The summed E-state index contributed by atoms with van der Waals surface area (Å²) in [6.45, 7) is 1.73. The van der Waals surface area contributed by atoms with Gasteiger partial charge in [-0.05, 0) is 87.1 Å². The van der Waals surface area contributed by atoms with E-state index in [4.69, 9.17) is 0 Å². The van der Waals surface area contributed by atoms with Crippen LogP contribution in [0.5, 0.6) is 0 Å². The SMILES string of the molecule is Cc1ccc2c(c1)c(-c1cccc(C(F)(F)F)c1)c(-c1cccc(C(F)(F)F)c1)c1cc(C(F)(F)F)ccc12. The van der Waals surface area contributed by atoms with Crippen LogP contribution in [-0.4, -0.2) is 0 Å². The van der Waals surface area contributed by atoms with Crippen molar-refractivity contribution in [2.24, 2.45) is 0 Å². The molecule has 0 atom stereocenters. The Morgan fingerprint density at radius 2 is 0.821 bits per heavy atom. The number of benzene rings is 5. The number of aryl methyl sites for hydroxylation is 1. The van der Waals surface area contributed by atoms with E-state index in [-0.39, 0.29) is 27.6 Å². The van der Waals surface area contributed by atoms with Gasteiger partial charge in [0.15, 0.2) is 0 Å². The third-order valence-corrected chi connectivity index (χ3v) is 6.56. The number of alkyl halides is 9. The molecule has 0 aliphatic heterocycles. The molecule has 0 aliphatic rings. The van der Waals surface area contributed by atoms with Gasteiger partial charge >= 0.3 is 18.5 Å². The lowest BCUT2D eigenvalue weighted by Gasteiger charge is -2.21. The number of fused-ring (bicyclic) bond motifs is 3. The zero-order valence-electron chi connectivity index (χ0n) is 20.0. The van der Waals surface area contributed by atoms with Gasteiger partial charge in [0.25, 0.3) is 0 Å². The molecule has 0 nitrogen and oxygen atoms in total. The van der Waals surface area contributed by atoms with E-state index >= 15 is 0 Å². The largest absolute Gasteiger partial charge is 0.416 e. The van der Waals surface area contributed by atoms with Crippen molar-refractivity contribution in [2.75, 3.05) is 0 Å². The third-order valence-electron chi connectivity index (χ3n) is 6.56. The maximum Gasteiger partial charge on any atom is 0.416 e. The highest BCUT2D eigenvalue weighted by Crippen LogP contribution is 2.47. The smallest absolute Gasteiger partial charge is 0.166 e. The summed E-state index contributed by atoms with van der Waals surface area (Å²) in [5.74, 6) is 0. The quantitative estimate of drug-likeness (QED) is 0.152. The molecule has 5 aromatic carbocycles. The topological polar surface area (TPSA) is 0 Å². The van der Waals surface area contributed by atoms with Gasteiger partial charge in [0.05, 0.1) is 16.7 Å². The highest BCUT2D eigenvalue weighted by atomic mass is 19.4. The molecule has 5 rings (SSSR count). The average molecular weight is 548 g/mol. The Morgan fingerprint density at radius 1 is 0.410 bits per heavy atom. The molecule has 0 aromatic heterocycles. The molecule has 0 saturated carbocycles. The number of hydrogen-bond acceptors (Lipinski definition) is 0. The van der Waals surface area contributed by atoms with Crippen LogP contribution in [-0.2, 0) is 18.5 Å². The summed E-state index contributed by atoms with van der Waals surface area (Å²) < 4.78 is 123. The molecule has 0 aliphatic carbocycles. The molecule has 0 spiro atoms. The van der Waals surface area contributed by atoms with Crippen LogP contribution < -0.4 is 0 Å². The van der Waals surface area contributed by atoms with Gasteiger partial charge in [0.2, 0.25) is 0 Å². The molecule has 39 heavy (non-hydrogen) atoms. The van der Waals surface area contributed by atoms with Crippen molar-refractivity contribution < 1.29 is 39.5 Å². The normalized spacial score (nSPS) is 12.9. The minimum absolute atomic E-state index is 0.00662. The van der Waals surface area contributed by atoms with Gasteiger partial charge in [-0.25, -0.2) is 0 Å². The Labute approximate surface area is 216 Å². The Hall–Kier alpha value is -4.01. The number of hydrogen-bond donors (Lipinski definition) is 0. The lowest BCUT2D eigenvalue weighted by molar-refractivity contribution is -0.138. The fourth-order valence-electron chi connectivity index (χ4n) is 4.83. The molecule has 0 radical (unpaired) electrons. The molecule has 5 aromatic rings. The van der Waals surface area contributed by atoms with E-state index in [1.807, 2.05) is 0 Å². The van der Waals surface area contributed by atoms with Gasteiger partial charge < -0.3 is 0 Å². The van der Waals surface area contributed by atoms with Gasteiger partial charge in [-0.3, -0.25) is 0 Å². The van der Waals surface area contributed by atoms with Crippen molar-refractivity contribution in [1.29, 1.82) is 0 Å². The zero-order chi connectivity index (χ0) is 28.3. The summed E-state index contributed by atoms with van der Waals surface area (Å²) in [7, 11) is 0. The number of rotatable bonds is 2. The molecule has 0 N–H and O–H groups in total. The van der Waals surface area contributed by atoms with E-state index in [1.165, 1.54) is 18.2 Å². The first-order valence-electron chi connectivity index (χ1n) is 11.6. The van der Waals surface area contributed by atoms with E-state index < -0.39 is 35.2 Å². The molecular weight excluding hydrogens is 531 g/mol. The summed E-state index contributed by atoms with van der Waals surface area (Å²) in [5, 5.41) is 1.13. The average Bonchev–Trinajstić information content (AvgIpc) is 2.86. The molecule has 200 valence electrons. The highest BCUT2D eigenvalue weighted by molar-refractivity contribution is 6.21. The van der Waals surface area contributed by atoms with Crippen molar-refractivity contribution in [1.82, 2.24) is 0 Å². The second kappa shape index (κ2) is 9.03. The summed E-state index contributed by atoms with van der Waals surface area (Å²) in [6, 6.07) is 16.2. The molecule has 0 amide bonds. The van der Waals surface area contributed by atoms with Crippen LogP contribution in [0.4, 0.5) is 39.5 Å². The molecule has 0 bridgehead atoms. The standard InChI is InChI=1S/C30H17F9/c1-16-8-10-22-23-11-9-21(30(37,38)39)15-25(23)27(18-5-3-7-20(14-18)29(34,35)36)26(24(22)12-16)17-4-2-6-19(13-17)28(31,32)33/h2-15H,1H3. The molecule has 0 unspecified atom stereocenters. The summed E-state index contributed by atoms with van der Waals surface area (Å²) in [4.78, 5) is 0. The van der Waals surface area contributed by atoms with Gasteiger partial charge in [-0.1, -0.05) is 54.1 Å². The fourth-order valence-corrected chi connectivity index (χ4v) is 4.83. The summed E-state index contributed by atoms with van der Waals surface area (Å²) in [5.41, 5.74) is -2.37. The summed E-state index contributed by atoms with van der Waals surface area (Å²) in [6.07, 6.45) is -14.2. The van der Waals surface area contributed by atoms with E-state index in [9.17, 15) is 39.5 Å². The zero-order valence-corrected chi connectivity index (χ0v) is 20.0. The van der Waals surface area contributed by atoms with Crippen molar-refractivity contribution in [3.63, 3.8) is 0 Å². The molecule has 9 heteroatoms. The second-order valence-corrected chi connectivity index (χ2v) is 9.21. The minimum Gasteiger partial charge on any atom is -0.166 e. The maximum atomic E-state index is 13.8. The Kier molecular flexibility index (Phi) is 6.16. The van der Waals surface area contributed by atoms with Crippen LogP contribution in [0.25, 0.3) is 43.8 Å². The first kappa shape index (κ1) is 26.6. The van der Waals surface area contributed by atoms with Crippen LogP contribution in [0, 0.1) is 6.92 Å². The van der Waals surface area contributed by atoms with E-state index in [0.29, 0.717) is 21.7 Å². The lowest BCUT2D eigenvalue weighted by Crippen LogP contribution is -2.06. The molecule has 0 fully saturated rings. The molecule has 0 heterocycles. The van der Waals surface area contributed by atoms with Crippen LogP contribution in [0.1, 0.15) is 22.3 Å². The van der Waals surface area contributed by atoms with E-state index in [2.05, 4.69) is 0 Å². The Bertz CT molecular complexity index is 1720. The predicted molar refractivity (Wildman–Crippen MR) is 132 cm³/mol. The van der Waals surface area contributed by atoms with Gasteiger partial charge in [-0.15, -0.1) is 0 Å². The number of halogens is 9.